The largest absolute Gasteiger partial charge is 0.497 e. The average molecular weight is 407 g/mol. The number of halogens is 1. The number of benzene rings is 2. The molecule has 0 unspecified atom stereocenters. The Labute approximate surface area is 154 Å². The first-order chi connectivity index (χ1) is 11.6. The first kappa shape index (κ1) is 18.5. The normalized spacial score (nSPS) is 11.2. The summed E-state index contributed by atoms with van der Waals surface area (Å²) >= 11 is 5.00. The second-order valence-corrected chi connectivity index (χ2v) is 6.98. The van der Waals surface area contributed by atoms with E-state index in [4.69, 9.17) is 4.74 Å². The van der Waals surface area contributed by atoms with Crippen molar-refractivity contribution in [2.75, 3.05) is 12.9 Å². The molecule has 6 heteroatoms. The lowest BCUT2D eigenvalue weighted by Crippen LogP contribution is -2.21. The van der Waals surface area contributed by atoms with Crippen LogP contribution in [0.3, 0.4) is 0 Å². The van der Waals surface area contributed by atoms with E-state index < -0.39 is 0 Å². The van der Waals surface area contributed by atoms with Gasteiger partial charge in [0.25, 0.3) is 0 Å². The molecule has 126 valence electrons. The van der Waals surface area contributed by atoms with Gasteiger partial charge in [-0.3, -0.25) is 4.79 Å². The highest BCUT2D eigenvalue weighted by atomic mass is 79.9. The van der Waals surface area contributed by atoms with Crippen LogP contribution >= 0.6 is 27.7 Å². The van der Waals surface area contributed by atoms with Gasteiger partial charge in [0.2, 0.25) is 5.91 Å². The Balaban J connectivity index is 1.78. The SMILES string of the molecule is COc1ccc(C(C)=NNC(=O)CSCc2cccc(Br)c2)cc1. The average Bonchev–Trinajstić information content (AvgIpc) is 2.60. The molecular formula is C18H19BrN2O2S. The van der Waals surface area contributed by atoms with Crippen LogP contribution in [0.1, 0.15) is 18.1 Å². The summed E-state index contributed by atoms with van der Waals surface area (Å²) < 4.78 is 6.17. The third-order valence-corrected chi connectivity index (χ3v) is 4.74. The molecule has 2 rings (SSSR count). The summed E-state index contributed by atoms with van der Waals surface area (Å²) in [4.78, 5) is 11.9. The van der Waals surface area contributed by atoms with Crippen molar-refractivity contribution in [3.05, 3.63) is 64.1 Å². The van der Waals surface area contributed by atoms with Gasteiger partial charge in [0, 0.05) is 10.2 Å². The molecule has 0 aliphatic carbocycles. The molecule has 0 atom stereocenters. The highest BCUT2D eigenvalue weighted by molar-refractivity contribution is 9.10. The van der Waals surface area contributed by atoms with E-state index in [-0.39, 0.29) is 5.91 Å². The highest BCUT2D eigenvalue weighted by Gasteiger charge is 2.03. The second kappa shape index (κ2) is 9.49. The monoisotopic (exact) mass is 406 g/mol. The van der Waals surface area contributed by atoms with Crippen LogP contribution in [0.15, 0.2) is 58.1 Å². The topological polar surface area (TPSA) is 50.7 Å². The minimum atomic E-state index is -0.108. The molecule has 1 amide bonds. The smallest absolute Gasteiger partial charge is 0.250 e. The molecule has 0 spiro atoms. The zero-order valence-electron chi connectivity index (χ0n) is 13.6. The van der Waals surface area contributed by atoms with Gasteiger partial charge in [-0.1, -0.05) is 28.1 Å². The molecular weight excluding hydrogens is 388 g/mol. The number of amides is 1. The lowest BCUT2D eigenvalue weighted by Gasteiger charge is -2.05. The predicted molar refractivity (Wildman–Crippen MR) is 104 cm³/mol. The molecule has 24 heavy (non-hydrogen) atoms. The molecule has 0 saturated heterocycles. The summed E-state index contributed by atoms with van der Waals surface area (Å²) in [6.07, 6.45) is 0. The van der Waals surface area contributed by atoms with Crippen LogP contribution < -0.4 is 10.2 Å². The van der Waals surface area contributed by atoms with E-state index in [1.54, 1.807) is 18.9 Å². The third kappa shape index (κ3) is 6.02. The van der Waals surface area contributed by atoms with Gasteiger partial charge in [-0.2, -0.15) is 5.10 Å². The maximum Gasteiger partial charge on any atom is 0.250 e. The summed E-state index contributed by atoms with van der Waals surface area (Å²) in [6, 6.07) is 15.6. The molecule has 0 aliphatic rings. The van der Waals surface area contributed by atoms with Gasteiger partial charge in [0.1, 0.15) is 5.75 Å². The molecule has 0 aliphatic heterocycles. The van der Waals surface area contributed by atoms with Crippen molar-refractivity contribution in [1.82, 2.24) is 5.43 Å². The van der Waals surface area contributed by atoms with Crippen molar-refractivity contribution in [3.63, 3.8) is 0 Å². The van der Waals surface area contributed by atoms with Crippen LogP contribution in [0, 0.1) is 0 Å². The minimum Gasteiger partial charge on any atom is -0.497 e. The predicted octanol–water partition coefficient (Wildman–Crippen LogP) is 4.23. The van der Waals surface area contributed by atoms with Crippen LogP contribution in [0.2, 0.25) is 0 Å². The Hall–Kier alpha value is -1.79. The standard InChI is InChI=1S/C18H19BrN2O2S/c1-13(15-6-8-17(23-2)9-7-15)20-21-18(22)12-24-11-14-4-3-5-16(19)10-14/h3-10H,11-12H2,1-2H3,(H,21,22). The number of hydrazone groups is 1. The summed E-state index contributed by atoms with van der Waals surface area (Å²) in [6.45, 7) is 1.86. The van der Waals surface area contributed by atoms with E-state index in [2.05, 4.69) is 32.5 Å². The summed E-state index contributed by atoms with van der Waals surface area (Å²) in [5.74, 6) is 1.84. The van der Waals surface area contributed by atoms with Crippen LogP contribution in [0.5, 0.6) is 5.75 Å². The summed E-state index contributed by atoms with van der Waals surface area (Å²) in [5.41, 5.74) is 5.47. The Morgan fingerprint density at radius 1 is 1.25 bits per heavy atom. The molecule has 0 radical (unpaired) electrons. The number of hydrogen-bond acceptors (Lipinski definition) is 4. The number of hydrogen-bond donors (Lipinski definition) is 1. The van der Waals surface area contributed by atoms with E-state index in [9.17, 15) is 4.79 Å². The molecule has 0 saturated carbocycles. The van der Waals surface area contributed by atoms with Crippen LogP contribution in [0.25, 0.3) is 0 Å². The zero-order chi connectivity index (χ0) is 17.4. The Bertz CT molecular complexity index is 717. The summed E-state index contributed by atoms with van der Waals surface area (Å²) in [5, 5.41) is 4.15. The van der Waals surface area contributed by atoms with Gasteiger partial charge in [-0.15, -0.1) is 11.8 Å². The zero-order valence-corrected chi connectivity index (χ0v) is 16.0. The maximum absolute atomic E-state index is 11.9. The number of nitrogens with zero attached hydrogens (tertiary/aromatic N) is 1. The number of carbonyl (C=O) groups is 1. The first-order valence-electron chi connectivity index (χ1n) is 7.38. The molecule has 2 aromatic rings. The van der Waals surface area contributed by atoms with E-state index in [0.29, 0.717) is 5.75 Å². The number of nitrogens with one attached hydrogen (secondary N) is 1. The lowest BCUT2D eigenvalue weighted by molar-refractivity contribution is -0.118. The molecule has 0 heterocycles. The van der Waals surface area contributed by atoms with Gasteiger partial charge in [0.15, 0.2) is 0 Å². The van der Waals surface area contributed by atoms with Gasteiger partial charge in [-0.05, 0) is 54.4 Å². The number of methoxy groups -OCH3 is 1. The van der Waals surface area contributed by atoms with Gasteiger partial charge >= 0.3 is 0 Å². The fourth-order valence-electron chi connectivity index (χ4n) is 1.96. The fourth-order valence-corrected chi connectivity index (χ4v) is 3.18. The Morgan fingerprint density at radius 3 is 2.67 bits per heavy atom. The van der Waals surface area contributed by atoms with Crippen molar-refractivity contribution in [1.29, 1.82) is 0 Å². The van der Waals surface area contributed by atoms with Crippen LogP contribution in [-0.4, -0.2) is 24.5 Å². The molecule has 2 aromatic carbocycles. The fraction of sp³-hybridized carbons (Fsp3) is 0.222. The molecule has 0 fully saturated rings. The number of carbonyl (C=O) groups excluding carboxylic acids is 1. The van der Waals surface area contributed by atoms with Crippen molar-refractivity contribution in [2.24, 2.45) is 5.10 Å². The molecule has 1 N–H and O–H groups in total. The molecule has 4 nitrogen and oxygen atoms in total. The van der Waals surface area contributed by atoms with Gasteiger partial charge in [-0.25, -0.2) is 5.43 Å². The van der Waals surface area contributed by atoms with Gasteiger partial charge in [0.05, 0.1) is 18.6 Å². The lowest BCUT2D eigenvalue weighted by atomic mass is 10.1. The van der Waals surface area contributed by atoms with E-state index in [1.165, 1.54) is 5.56 Å². The quantitative estimate of drug-likeness (QED) is 0.552. The molecule has 0 aromatic heterocycles. The van der Waals surface area contributed by atoms with Gasteiger partial charge < -0.3 is 4.74 Å². The van der Waals surface area contributed by atoms with Crippen molar-refractivity contribution in [2.45, 2.75) is 12.7 Å². The number of thioether (sulfide) groups is 1. The van der Waals surface area contributed by atoms with Crippen LogP contribution in [0.4, 0.5) is 0 Å². The van der Waals surface area contributed by atoms with Crippen molar-refractivity contribution < 1.29 is 9.53 Å². The van der Waals surface area contributed by atoms with Crippen molar-refractivity contribution in [3.8, 4) is 5.75 Å². The summed E-state index contributed by atoms with van der Waals surface area (Å²) in [7, 11) is 1.63. The highest BCUT2D eigenvalue weighted by Crippen LogP contribution is 2.17. The Morgan fingerprint density at radius 2 is 2.00 bits per heavy atom. The first-order valence-corrected chi connectivity index (χ1v) is 9.33. The maximum atomic E-state index is 11.9. The van der Waals surface area contributed by atoms with E-state index >= 15 is 0 Å². The van der Waals surface area contributed by atoms with Crippen LogP contribution in [-0.2, 0) is 10.5 Å². The van der Waals surface area contributed by atoms with E-state index in [1.807, 2.05) is 49.4 Å². The Kier molecular flexibility index (Phi) is 7.34. The number of rotatable bonds is 7. The molecule has 0 bridgehead atoms. The van der Waals surface area contributed by atoms with Crippen molar-refractivity contribution >= 4 is 39.3 Å². The minimum absolute atomic E-state index is 0.108. The third-order valence-electron chi connectivity index (χ3n) is 3.25. The second-order valence-electron chi connectivity index (χ2n) is 5.08. The van der Waals surface area contributed by atoms with E-state index in [0.717, 1.165) is 27.3 Å². The number of ether oxygens (including phenoxy) is 1.